The Labute approximate surface area is 143 Å². The average Bonchev–Trinajstić information content (AvgIpc) is 2.61. The Morgan fingerprint density at radius 2 is 1.75 bits per heavy atom. The van der Waals surface area contributed by atoms with Gasteiger partial charge in [0.25, 0.3) is 0 Å². The zero-order valence-electron chi connectivity index (χ0n) is 14.0. The average molecular weight is 321 g/mol. The van der Waals surface area contributed by atoms with Crippen molar-refractivity contribution in [2.45, 2.75) is 6.92 Å². The molecule has 1 fully saturated rings. The minimum Gasteiger partial charge on any atom is -0.399 e. The van der Waals surface area contributed by atoms with E-state index in [9.17, 15) is 4.79 Å². The molecule has 0 radical (unpaired) electrons. The highest BCUT2D eigenvalue weighted by molar-refractivity contribution is 5.92. The SMILES string of the molecule is Cc1cccc(N2CCN(C(=O)/C=C/c3ccc(N)cc3)CC2)c1. The highest BCUT2D eigenvalue weighted by Crippen LogP contribution is 2.18. The van der Waals surface area contributed by atoms with Crippen molar-refractivity contribution in [1.82, 2.24) is 4.90 Å². The van der Waals surface area contributed by atoms with Crippen LogP contribution in [0.25, 0.3) is 6.08 Å². The molecule has 4 nitrogen and oxygen atoms in total. The van der Waals surface area contributed by atoms with Gasteiger partial charge in [-0.15, -0.1) is 0 Å². The Morgan fingerprint density at radius 1 is 1.04 bits per heavy atom. The summed E-state index contributed by atoms with van der Waals surface area (Å²) in [6.45, 7) is 5.33. The zero-order chi connectivity index (χ0) is 16.9. The van der Waals surface area contributed by atoms with Crippen molar-refractivity contribution in [3.63, 3.8) is 0 Å². The number of nitrogens with zero attached hydrogens (tertiary/aromatic N) is 2. The first kappa shape index (κ1) is 16.1. The van der Waals surface area contributed by atoms with Gasteiger partial charge in [0.2, 0.25) is 5.91 Å². The lowest BCUT2D eigenvalue weighted by Crippen LogP contribution is -2.48. The molecular formula is C20H23N3O. The summed E-state index contributed by atoms with van der Waals surface area (Å²) in [5.41, 5.74) is 9.87. The number of carbonyl (C=O) groups excluding carboxylic acids is 1. The summed E-state index contributed by atoms with van der Waals surface area (Å²) in [6.07, 6.45) is 3.49. The maximum Gasteiger partial charge on any atom is 0.246 e. The first-order chi connectivity index (χ1) is 11.6. The number of nitrogen functional groups attached to an aromatic ring is 1. The molecule has 0 unspecified atom stereocenters. The van der Waals surface area contributed by atoms with Gasteiger partial charge in [-0.2, -0.15) is 0 Å². The van der Waals surface area contributed by atoms with E-state index in [1.165, 1.54) is 11.3 Å². The van der Waals surface area contributed by atoms with E-state index < -0.39 is 0 Å². The second kappa shape index (κ2) is 7.21. The maximum absolute atomic E-state index is 12.3. The maximum atomic E-state index is 12.3. The third kappa shape index (κ3) is 3.96. The minimum atomic E-state index is 0.0655. The van der Waals surface area contributed by atoms with Gasteiger partial charge in [-0.05, 0) is 48.4 Å². The van der Waals surface area contributed by atoms with Crippen LogP contribution in [0.4, 0.5) is 11.4 Å². The van der Waals surface area contributed by atoms with Gasteiger partial charge in [-0.25, -0.2) is 0 Å². The molecule has 3 rings (SSSR count). The van der Waals surface area contributed by atoms with Crippen LogP contribution >= 0.6 is 0 Å². The van der Waals surface area contributed by atoms with Gasteiger partial charge in [-0.3, -0.25) is 4.79 Å². The number of hydrogen-bond donors (Lipinski definition) is 1. The molecule has 1 heterocycles. The minimum absolute atomic E-state index is 0.0655. The Bertz CT molecular complexity index is 729. The summed E-state index contributed by atoms with van der Waals surface area (Å²) in [6, 6.07) is 16.0. The number of nitrogens with two attached hydrogens (primary N) is 1. The number of anilines is 2. The molecule has 2 aromatic carbocycles. The lowest BCUT2D eigenvalue weighted by molar-refractivity contribution is -0.126. The van der Waals surface area contributed by atoms with E-state index in [1.54, 1.807) is 6.08 Å². The normalized spacial score (nSPS) is 15.0. The lowest BCUT2D eigenvalue weighted by atomic mass is 10.1. The Morgan fingerprint density at radius 3 is 2.42 bits per heavy atom. The van der Waals surface area contributed by atoms with Gasteiger partial charge < -0.3 is 15.5 Å². The fraction of sp³-hybridized carbons (Fsp3) is 0.250. The standard InChI is InChI=1S/C20H23N3O/c1-16-3-2-4-19(15-16)22-11-13-23(14-12-22)20(24)10-7-17-5-8-18(21)9-6-17/h2-10,15H,11-14,21H2,1H3/b10-7+. The van der Waals surface area contributed by atoms with E-state index in [1.807, 2.05) is 35.2 Å². The van der Waals surface area contributed by atoms with Crippen LogP contribution in [0.3, 0.4) is 0 Å². The van der Waals surface area contributed by atoms with Crippen molar-refractivity contribution in [2.75, 3.05) is 36.8 Å². The molecule has 0 aliphatic carbocycles. The molecule has 1 saturated heterocycles. The van der Waals surface area contributed by atoms with E-state index in [2.05, 4.69) is 36.1 Å². The van der Waals surface area contributed by atoms with Crippen LogP contribution in [-0.2, 0) is 4.79 Å². The van der Waals surface area contributed by atoms with Crippen molar-refractivity contribution in [2.24, 2.45) is 0 Å². The number of hydrogen-bond acceptors (Lipinski definition) is 3. The van der Waals surface area contributed by atoms with Crippen molar-refractivity contribution in [3.8, 4) is 0 Å². The molecule has 0 atom stereocenters. The summed E-state index contributed by atoms with van der Waals surface area (Å²) >= 11 is 0. The predicted octanol–water partition coefficient (Wildman–Crippen LogP) is 2.94. The van der Waals surface area contributed by atoms with E-state index in [-0.39, 0.29) is 5.91 Å². The second-order valence-electron chi connectivity index (χ2n) is 6.15. The molecule has 0 spiro atoms. The van der Waals surface area contributed by atoms with Crippen LogP contribution in [0.2, 0.25) is 0 Å². The highest BCUT2D eigenvalue weighted by Gasteiger charge is 2.19. The number of carbonyl (C=O) groups is 1. The number of rotatable bonds is 3. The summed E-state index contributed by atoms with van der Waals surface area (Å²) in [5.74, 6) is 0.0655. The van der Waals surface area contributed by atoms with E-state index in [0.717, 1.165) is 37.4 Å². The summed E-state index contributed by atoms with van der Waals surface area (Å²) < 4.78 is 0. The van der Waals surface area contributed by atoms with Gasteiger partial charge in [0.05, 0.1) is 0 Å². The van der Waals surface area contributed by atoms with Crippen molar-refractivity contribution in [1.29, 1.82) is 0 Å². The first-order valence-electron chi connectivity index (χ1n) is 8.26. The molecule has 0 aromatic heterocycles. The molecule has 2 aromatic rings. The van der Waals surface area contributed by atoms with Gasteiger partial charge >= 0.3 is 0 Å². The molecule has 1 aliphatic rings. The van der Waals surface area contributed by atoms with Gasteiger partial charge in [0, 0.05) is 43.6 Å². The molecular weight excluding hydrogens is 298 g/mol. The van der Waals surface area contributed by atoms with Gasteiger partial charge in [-0.1, -0.05) is 24.3 Å². The fourth-order valence-corrected chi connectivity index (χ4v) is 2.89. The number of aryl methyl sites for hydroxylation is 1. The Kier molecular flexibility index (Phi) is 4.85. The van der Waals surface area contributed by atoms with Crippen LogP contribution in [0.15, 0.2) is 54.6 Å². The summed E-state index contributed by atoms with van der Waals surface area (Å²) in [4.78, 5) is 16.6. The number of piperazine rings is 1. The monoisotopic (exact) mass is 321 g/mol. The zero-order valence-corrected chi connectivity index (χ0v) is 14.0. The molecule has 0 saturated carbocycles. The highest BCUT2D eigenvalue weighted by atomic mass is 16.2. The molecule has 1 aliphatic heterocycles. The van der Waals surface area contributed by atoms with Crippen molar-refractivity contribution in [3.05, 3.63) is 65.7 Å². The predicted molar refractivity (Wildman–Crippen MR) is 99.9 cm³/mol. The quantitative estimate of drug-likeness (QED) is 0.698. The number of benzene rings is 2. The van der Waals surface area contributed by atoms with Crippen molar-refractivity contribution >= 4 is 23.4 Å². The largest absolute Gasteiger partial charge is 0.399 e. The molecule has 24 heavy (non-hydrogen) atoms. The van der Waals surface area contributed by atoms with Crippen molar-refractivity contribution < 1.29 is 4.79 Å². The molecule has 1 amide bonds. The smallest absolute Gasteiger partial charge is 0.246 e. The topological polar surface area (TPSA) is 49.6 Å². The van der Waals surface area contributed by atoms with Gasteiger partial charge in [0.15, 0.2) is 0 Å². The van der Waals surface area contributed by atoms with E-state index in [0.29, 0.717) is 0 Å². The third-order valence-electron chi connectivity index (χ3n) is 4.31. The lowest BCUT2D eigenvalue weighted by Gasteiger charge is -2.35. The first-order valence-corrected chi connectivity index (χ1v) is 8.26. The fourth-order valence-electron chi connectivity index (χ4n) is 2.89. The molecule has 0 bridgehead atoms. The molecule has 4 heteroatoms. The van der Waals surface area contributed by atoms with Crippen LogP contribution in [0.1, 0.15) is 11.1 Å². The third-order valence-corrected chi connectivity index (χ3v) is 4.31. The Hall–Kier alpha value is -2.75. The summed E-state index contributed by atoms with van der Waals surface area (Å²) in [7, 11) is 0. The van der Waals surface area contributed by atoms with Gasteiger partial charge in [0.1, 0.15) is 0 Å². The Balaban J connectivity index is 1.56. The van der Waals surface area contributed by atoms with Crippen LogP contribution < -0.4 is 10.6 Å². The number of amides is 1. The van der Waals surface area contributed by atoms with E-state index >= 15 is 0 Å². The van der Waals surface area contributed by atoms with Crippen LogP contribution in [-0.4, -0.2) is 37.0 Å². The van der Waals surface area contributed by atoms with Crippen LogP contribution in [0.5, 0.6) is 0 Å². The molecule has 2 N–H and O–H groups in total. The molecule has 124 valence electrons. The second-order valence-corrected chi connectivity index (χ2v) is 6.15. The summed E-state index contributed by atoms with van der Waals surface area (Å²) in [5, 5.41) is 0. The van der Waals surface area contributed by atoms with Crippen LogP contribution in [0, 0.1) is 6.92 Å². The van der Waals surface area contributed by atoms with E-state index in [4.69, 9.17) is 5.73 Å².